The molecule has 13 heavy (non-hydrogen) atoms. The van der Waals surface area contributed by atoms with E-state index in [1.807, 2.05) is 0 Å². The van der Waals surface area contributed by atoms with Gasteiger partial charge in [-0.1, -0.05) is 27.7 Å². The van der Waals surface area contributed by atoms with E-state index in [1.165, 1.54) is 24.0 Å². The lowest BCUT2D eigenvalue weighted by molar-refractivity contribution is 0.618. The fourth-order valence-electron chi connectivity index (χ4n) is 1.69. The van der Waals surface area contributed by atoms with Gasteiger partial charge in [0.2, 0.25) is 0 Å². The lowest BCUT2D eigenvalue weighted by Gasteiger charge is -2.08. The average molecular weight is 179 g/mol. The number of rotatable bonds is 4. The first kappa shape index (κ1) is 10.4. The molecule has 0 fully saturated rings. The van der Waals surface area contributed by atoms with Crippen LogP contribution in [-0.4, -0.2) is 4.98 Å². The molecular formula is C12H21N. The van der Waals surface area contributed by atoms with Crippen molar-refractivity contribution in [1.29, 1.82) is 0 Å². The van der Waals surface area contributed by atoms with Crippen molar-refractivity contribution in [3.63, 3.8) is 0 Å². The Kier molecular flexibility index (Phi) is 3.58. The molecule has 1 aromatic heterocycles. The Labute approximate surface area is 81.6 Å². The molecule has 0 unspecified atom stereocenters. The zero-order valence-electron chi connectivity index (χ0n) is 9.22. The summed E-state index contributed by atoms with van der Waals surface area (Å²) in [5, 5.41) is 0. The van der Waals surface area contributed by atoms with E-state index in [0.717, 1.165) is 11.8 Å². The Hall–Kier alpha value is -0.720. The zero-order chi connectivity index (χ0) is 9.84. The monoisotopic (exact) mass is 179 g/mol. The van der Waals surface area contributed by atoms with Crippen molar-refractivity contribution in [3.05, 3.63) is 23.5 Å². The molecule has 1 heterocycles. The van der Waals surface area contributed by atoms with Gasteiger partial charge in [0.25, 0.3) is 0 Å². The van der Waals surface area contributed by atoms with Gasteiger partial charge >= 0.3 is 0 Å². The highest BCUT2D eigenvalue weighted by Gasteiger charge is 2.06. The molecule has 1 heteroatoms. The van der Waals surface area contributed by atoms with Gasteiger partial charge in [0.1, 0.15) is 0 Å². The van der Waals surface area contributed by atoms with Crippen LogP contribution in [0.1, 0.15) is 38.8 Å². The fourth-order valence-corrected chi connectivity index (χ4v) is 1.69. The number of hydrogen-bond acceptors (Lipinski definition) is 0. The van der Waals surface area contributed by atoms with Crippen molar-refractivity contribution >= 4 is 0 Å². The quantitative estimate of drug-likeness (QED) is 0.729. The second kappa shape index (κ2) is 4.50. The average Bonchev–Trinajstić information content (AvgIpc) is 2.34. The van der Waals surface area contributed by atoms with Crippen LogP contribution in [0.2, 0.25) is 0 Å². The highest BCUT2D eigenvalue weighted by atomic mass is 14.6. The SMILES string of the molecule is CC(C)Cc1c[nH]cc1CC(C)C. The molecule has 1 nitrogen and oxygen atoms in total. The van der Waals surface area contributed by atoms with E-state index in [9.17, 15) is 0 Å². The molecule has 0 bridgehead atoms. The molecule has 0 amide bonds. The second-order valence-corrected chi connectivity index (χ2v) is 4.70. The van der Waals surface area contributed by atoms with Crippen molar-refractivity contribution in [3.8, 4) is 0 Å². The van der Waals surface area contributed by atoms with Gasteiger partial charge in [-0.15, -0.1) is 0 Å². The van der Waals surface area contributed by atoms with Crippen molar-refractivity contribution in [2.45, 2.75) is 40.5 Å². The Morgan fingerprint density at radius 1 is 0.923 bits per heavy atom. The third kappa shape index (κ3) is 3.25. The maximum Gasteiger partial charge on any atom is 0.00403 e. The van der Waals surface area contributed by atoms with Crippen LogP contribution in [0.3, 0.4) is 0 Å². The summed E-state index contributed by atoms with van der Waals surface area (Å²) >= 11 is 0. The maximum absolute atomic E-state index is 3.21. The highest BCUT2D eigenvalue weighted by molar-refractivity contribution is 5.24. The van der Waals surface area contributed by atoms with E-state index in [0.29, 0.717) is 0 Å². The molecule has 1 aromatic rings. The Balaban J connectivity index is 2.65. The minimum absolute atomic E-state index is 0.752. The first-order valence-corrected chi connectivity index (χ1v) is 5.24. The fraction of sp³-hybridized carbons (Fsp3) is 0.667. The van der Waals surface area contributed by atoms with Crippen LogP contribution in [0, 0.1) is 11.8 Å². The topological polar surface area (TPSA) is 15.8 Å². The normalized spacial score (nSPS) is 11.5. The van der Waals surface area contributed by atoms with Gasteiger partial charge in [-0.05, 0) is 35.8 Å². The molecule has 0 atom stereocenters. The van der Waals surface area contributed by atoms with Crippen LogP contribution in [0.5, 0.6) is 0 Å². The molecule has 1 rings (SSSR count). The number of hydrogen-bond donors (Lipinski definition) is 1. The second-order valence-electron chi connectivity index (χ2n) is 4.70. The van der Waals surface area contributed by atoms with E-state index >= 15 is 0 Å². The van der Waals surface area contributed by atoms with Gasteiger partial charge in [0, 0.05) is 12.4 Å². The van der Waals surface area contributed by atoms with Gasteiger partial charge in [-0.2, -0.15) is 0 Å². The largest absolute Gasteiger partial charge is 0.367 e. The first-order chi connectivity index (χ1) is 6.09. The van der Waals surface area contributed by atoms with Crippen LogP contribution in [0.25, 0.3) is 0 Å². The minimum Gasteiger partial charge on any atom is -0.367 e. The van der Waals surface area contributed by atoms with Gasteiger partial charge in [-0.3, -0.25) is 0 Å². The summed E-state index contributed by atoms with van der Waals surface area (Å²) in [5.74, 6) is 1.50. The van der Waals surface area contributed by atoms with Crippen molar-refractivity contribution in [2.24, 2.45) is 11.8 Å². The van der Waals surface area contributed by atoms with Crippen LogP contribution in [0.15, 0.2) is 12.4 Å². The van der Waals surface area contributed by atoms with E-state index in [1.54, 1.807) is 0 Å². The molecule has 0 radical (unpaired) electrons. The van der Waals surface area contributed by atoms with Crippen LogP contribution >= 0.6 is 0 Å². The van der Waals surface area contributed by atoms with Crippen LogP contribution in [0.4, 0.5) is 0 Å². The molecule has 0 saturated carbocycles. The molecule has 0 aromatic carbocycles. The van der Waals surface area contributed by atoms with Gasteiger partial charge in [-0.25, -0.2) is 0 Å². The standard InChI is InChI=1S/C12H21N/c1-9(2)5-11-7-13-8-12(11)6-10(3)4/h7-10,13H,5-6H2,1-4H3. The molecule has 0 aliphatic rings. The van der Waals surface area contributed by atoms with Crippen molar-refractivity contribution < 1.29 is 0 Å². The number of H-pyrrole nitrogens is 1. The summed E-state index contributed by atoms with van der Waals surface area (Å²) < 4.78 is 0. The van der Waals surface area contributed by atoms with E-state index in [4.69, 9.17) is 0 Å². The predicted molar refractivity (Wildman–Crippen MR) is 57.9 cm³/mol. The summed E-state index contributed by atoms with van der Waals surface area (Å²) in [7, 11) is 0. The minimum atomic E-state index is 0.752. The summed E-state index contributed by atoms with van der Waals surface area (Å²) in [6.07, 6.45) is 6.70. The lowest BCUT2D eigenvalue weighted by Crippen LogP contribution is -1.99. The highest BCUT2D eigenvalue weighted by Crippen LogP contribution is 2.16. The molecule has 0 saturated heterocycles. The van der Waals surface area contributed by atoms with Gasteiger partial charge in [0.05, 0.1) is 0 Å². The molecule has 0 aliphatic carbocycles. The van der Waals surface area contributed by atoms with E-state index < -0.39 is 0 Å². The van der Waals surface area contributed by atoms with E-state index in [2.05, 4.69) is 45.1 Å². The summed E-state index contributed by atoms with van der Waals surface area (Å²) in [6.45, 7) is 9.08. The Morgan fingerprint density at radius 2 is 1.31 bits per heavy atom. The number of aromatic amines is 1. The zero-order valence-corrected chi connectivity index (χ0v) is 9.22. The van der Waals surface area contributed by atoms with Gasteiger partial charge in [0.15, 0.2) is 0 Å². The van der Waals surface area contributed by atoms with Crippen LogP contribution in [-0.2, 0) is 12.8 Å². The van der Waals surface area contributed by atoms with Crippen molar-refractivity contribution in [2.75, 3.05) is 0 Å². The van der Waals surface area contributed by atoms with E-state index in [-0.39, 0.29) is 0 Å². The Bertz CT molecular complexity index is 221. The summed E-state index contributed by atoms with van der Waals surface area (Å²) in [6, 6.07) is 0. The Morgan fingerprint density at radius 3 is 1.62 bits per heavy atom. The molecular weight excluding hydrogens is 158 g/mol. The molecule has 0 spiro atoms. The predicted octanol–water partition coefficient (Wildman–Crippen LogP) is 3.41. The number of aromatic nitrogens is 1. The lowest BCUT2D eigenvalue weighted by atomic mass is 9.97. The third-order valence-electron chi connectivity index (χ3n) is 2.18. The van der Waals surface area contributed by atoms with Crippen molar-refractivity contribution in [1.82, 2.24) is 4.98 Å². The van der Waals surface area contributed by atoms with Gasteiger partial charge < -0.3 is 4.98 Å². The smallest absolute Gasteiger partial charge is 0.00403 e. The first-order valence-electron chi connectivity index (χ1n) is 5.24. The molecule has 74 valence electrons. The number of nitrogens with one attached hydrogen (secondary N) is 1. The maximum atomic E-state index is 3.21. The molecule has 1 N–H and O–H groups in total. The molecule has 0 aliphatic heterocycles. The summed E-state index contributed by atoms with van der Waals surface area (Å²) in [4.78, 5) is 3.21. The van der Waals surface area contributed by atoms with Crippen LogP contribution < -0.4 is 0 Å². The summed E-state index contributed by atoms with van der Waals surface area (Å²) in [5.41, 5.74) is 3.01. The third-order valence-corrected chi connectivity index (χ3v) is 2.18.